The first-order valence-corrected chi connectivity index (χ1v) is 6.32. The van der Waals surface area contributed by atoms with E-state index in [0.29, 0.717) is 0 Å². The zero-order valence-electron chi connectivity index (χ0n) is 7.10. The first-order valence-electron chi connectivity index (χ1n) is 3.91. The molecule has 0 aromatic rings. The van der Waals surface area contributed by atoms with Crippen molar-refractivity contribution in [3.05, 3.63) is 9.77 Å². The summed E-state index contributed by atoms with van der Waals surface area (Å²) in [5.41, 5.74) is 0. The van der Waals surface area contributed by atoms with Gasteiger partial charge < -0.3 is 0 Å². The Morgan fingerprint density at radius 2 is 1.91 bits per heavy atom. The molecular weight excluding hydrogens is 196 g/mol. The third kappa shape index (κ3) is 8.64. The normalized spacial score (nSPS) is 12.1. The number of halogens is 1. The van der Waals surface area contributed by atoms with Gasteiger partial charge in [0.25, 0.3) is 0 Å². The molecule has 0 saturated carbocycles. The predicted octanol–water partition coefficient (Wildman–Crippen LogP) is 4.31. The van der Waals surface area contributed by atoms with Gasteiger partial charge in [-0.3, -0.25) is 0 Å². The number of hydrogen-bond acceptors (Lipinski definition) is 2. The molecule has 0 aliphatic rings. The lowest BCUT2D eigenvalue weighted by Gasteiger charge is -1.95. The van der Waals surface area contributed by atoms with E-state index in [-0.39, 0.29) is 0 Å². The molecule has 0 bridgehead atoms. The van der Waals surface area contributed by atoms with Crippen LogP contribution in [0, 0.1) is 0 Å². The zero-order chi connectivity index (χ0) is 8.53. The maximum Gasteiger partial charge on any atom is 0.0797 e. The van der Waals surface area contributed by atoms with E-state index >= 15 is 0 Å². The van der Waals surface area contributed by atoms with E-state index in [9.17, 15) is 0 Å². The van der Waals surface area contributed by atoms with Gasteiger partial charge in [0.2, 0.25) is 0 Å². The molecule has 0 saturated heterocycles. The minimum absolute atomic E-state index is 0.935. The second-order valence-corrected chi connectivity index (χ2v) is 4.89. The van der Waals surface area contributed by atoms with Gasteiger partial charge in [0.15, 0.2) is 0 Å². The van der Waals surface area contributed by atoms with E-state index < -0.39 is 0 Å². The van der Waals surface area contributed by atoms with Crippen molar-refractivity contribution in [2.75, 3.05) is 11.5 Å². The molecule has 0 aliphatic heterocycles. The highest BCUT2D eigenvalue weighted by molar-refractivity contribution is 8.07. The maximum atomic E-state index is 5.90. The van der Waals surface area contributed by atoms with Gasteiger partial charge in [-0.2, -0.15) is 0 Å². The quantitative estimate of drug-likeness (QED) is 0.600. The average Bonchev–Trinajstić information content (AvgIpc) is 2.01. The molecule has 3 heteroatoms. The first kappa shape index (κ1) is 11.7. The molecule has 0 spiro atoms. The van der Waals surface area contributed by atoms with Crippen LogP contribution in [-0.2, 0) is 0 Å². The molecule has 0 atom stereocenters. The zero-order valence-corrected chi connectivity index (χ0v) is 9.49. The Morgan fingerprint density at radius 3 is 2.45 bits per heavy atom. The summed E-state index contributed by atoms with van der Waals surface area (Å²) in [5.74, 6) is 2.30. The molecule has 0 unspecified atom stereocenters. The smallest absolute Gasteiger partial charge is 0.0797 e. The van der Waals surface area contributed by atoms with E-state index in [2.05, 4.69) is 13.8 Å². The van der Waals surface area contributed by atoms with Crippen LogP contribution in [0.1, 0.15) is 26.7 Å². The lowest BCUT2D eigenvalue weighted by atomic mass is 10.6. The summed E-state index contributed by atoms with van der Waals surface area (Å²) in [5, 5.41) is 2.05. The fraction of sp³-hybridized carbons (Fsp3) is 0.750. The van der Waals surface area contributed by atoms with E-state index in [1.807, 2.05) is 5.41 Å². The van der Waals surface area contributed by atoms with E-state index in [1.165, 1.54) is 18.6 Å². The summed E-state index contributed by atoms with van der Waals surface area (Å²) in [7, 11) is 0. The van der Waals surface area contributed by atoms with Gasteiger partial charge in [0.05, 0.1) is 4.36 Å². The van der Waals surface area contributed by atoms with Crippen LogP contribution >= 0.6 is 35.1 Å². The summed E-state index contributed by atoms with van der Waals surface area (Å²) >= 11 is 9.43. The van der Waals surface area contributed by atoms with Crippen molar-refractivity contribution in [3.8, 4) is 0 Å². The minimum Gasteiger partial charge on any atom is -0.132 e. The Morgan fingerprint density at radius 1 is 1.27 bits per heavy atom. The van der Waals surface area contributed by atoms with Crippen LogP contribution in [-0.4, -0.2) is 11.5 Å². The molecule has 0 N–H and O–H groups in total. The monoisotopic (exact) mass is 210 g/mol. The van der Waals surface area contributed by atoms with E-state index in [1.54, 1.807) is 23.5 Å². The van der Waals surface area contributed by atoms with Crippen molar-refractivity contribution in [1.82, 2.24) is 0 Å². The van der Waals surface area contributed by atoms with Crippen LogP contribution in [0.3, 0.4) is 0 Å². The number of hydrogen-bond donors (Lipinski definition) is 0. The standard InChI is InChI=1S/C8H15ClS2/c1-3-5-10-7-8(9)11-6-4-2/h7H,3-6H2,1-2H3/b8-7-. The van der Waals surface area contributed by atoms with Gasteiger partial charge in [0, 0.05) is 0 Å². The van der Waals surface area contributed by atoms with Crippen molar-refractivity contribution in [2.45, 2.75) is 26.7 Å². The Balaban J connectivity index is 3.30. The molecule has 0 aromatic carbocycles. The summed E-state index contributed by atoms with van der Waals surface area (Å²) < 4.78 is 0.935. The third-order valence-corrected chi connectivity index (χ3v) is 3.71. The molecule has 0 heterocycles. The number of thioether (sulfide) groups is 2. The van der Waals surface area contributed by atoms with E-state index in [0.717, 1.165) is 10.1 Å². The fourth-order valence-electron chi connectivity index (χ4n) is 0.476. The summed E-state index contributed by atoms with van der Waals surface area (Å²) in [4.78, 5) is 0. The molecule has 0 radical (unpaired) electrons. The van der Waals surface area contributed by atoms with Crippen LogP contribution in [0.25, 0.3) is 0 Å². The van der Waals surface area contributed by atoms with Gasteiger partial charge in [-0.25, -0.2) is 0 Å². The second-order valence-electron chi connectivity index (χ2n) is 2.14. The number of rotatable bonds is 6. The van der Waals surface area contributed by atoms with Crippen LogP contribution in [0.4, 0.5) is 0 Å². The van der Waals surface area contributed by atoms with Crippen molar-refractivity contribution in [2.24, 2.45) is 0 Å². The molecule has 0 nitrogen and oxygen atoms in total. The highest BCUT2D eigenvalue weighted by Crippen LogP contribution is 2.23. The largest absolute Gasteiger partial charge is 0.132 e. The molecule has 0 fully saturated rings. The minimum atomic E-state index is 0.935. The van der Waals surface area contributed by atoms with Gasteiger partial charge in [-0.1, -0.05) is 25.4 Å². The lowest BCUT2D eigenvalue weighted by molar-refractivity contribution is 1.11. The highest BCUT2D eigenvalue weighted by Gasteiger charge is 1.91. The molecule has 11 heavy (non-hydrogen) atoms. The van der Waals surface area contributed by atoms with Crippen LogP contribution in [0.15, 0.2) is 9.77 Å². The molecule has 0 amide bonds. The SMILES string of the molecule is CCCS/C=C(/Cl)SCCC. The lowest BCUT2D eigenvalue weighted by Crippen LogP contribution is -1.72. The first-order chi connectivity index (χ1) is 5.31. The van der Waals surface area contributed by atoms with Crippen LogP contribution < -0.4 is 0 Å². The Hall–Kier alpha value is 0.730. The summed E-state index contributed by atoms with van der Waals surface area (Å²) in [6.45, 7) is 4.34. The summed E-state index contributed by atoms with van der Waals surface area (Å²) in [6.07, 6.45) is 2.40. The van der Waals surface area contributed by atoms with Gasteiger partial charge in [-0.15, -0.1) is 23.5 Å². The molecule has 0 rings (SSSR count). The van der Waals surface area contributed by atoms with Crippen molar-refractivity contribution in [3.63, 3.8) is 0 Å². The molecule has 0 aromatic heterocycles. The Bertz CT molecular complexity index is 113. The highest BCUT2D eigenvalue weighted by atomic mass is 35.5. The van der Waals surface area contributed by atoms with Gasteiger partial charge in [-0.05, 0) is 29.8 Å². The predicted molar refractivity (Wildman–Crippen MR) is 59.4 cm³/mol. The third-order valence-electron chi connectivity index (χ3n) is 0.942. The van der Waals surface area contributed by atoms with Gasteiger partial charge in [0.1, 0.15) is 0 Å². The summed E-state index contributed by atoms with van der Waals surface area (Å²) in [6, 6.07) is 0. The Labute approximate surface area is 83.2 Å². The van der Waals surface area contributed by atoms with Crippen LogP contribution in [0.5, 0.6) is 0 Å². The van der Waals surface area contributed by atoms with Crippen LogP contribution in [0.2, 0.25) is 0 Å². The van der Waals surface area contributed by atoms with Crippen molar-refractivity contribution >= 4 is 35.1 Å². The Kier molecular flexibility index (Phi) is 9.41. The fourth-order valence-corrected chi connectivity index (χ4v) is 2.26. The van der Waals surface area contributed by atoms with Gasteiger partial charge >= 0.3 is 0 Å². The molecule has 66 valence electrons. The second kappa shape index (κ2) is 8.82. The average molecular weight is 211 g/mol. The molecule has 0 aliphatic carbocycles. The van der Waals surface area contributed by atoms with Crippen molar-refractivity contribution < 1.29 is 0 Å². The topological polar surface area (TPSA) is 0 Å². The van der Waals surface area contributed by atoms with Crippen molar-refractivity contribution in [1.29, 1.82) is 0 Å². The maximum absolute atomic E-state index is 5.90. The van der Waals surface area contributed by atoms with E-state index in [4.69, 9.17) is 11.6 Å². The molecular formula is C8H15ClS2.